The highest BCUT2D eigenvalue weighted by atomic mass is 79.9. The molecule has 0 saturated heterocycles. The molecule has 0 aliphatic rings. The van der Waals surface area contributed by atoms with Gasteiger partial charge in [0.25, 0.3) is 0 Å². The molecule has 138 valence electrons. The van der Waals surface area contributed by atoms with Gasteiger partial charge in [-0.2, -0.15) is 14.9 Å². The van der Waals surface area contributed by atoms with E-state index in [-0.39, 0.29) is 0 Å². The summed E-state index contributed by atoms with van der Waals surface area (Å²) in [6, 6.07) is 25.1. The Hall–Kier alpha value is -3.03. The number of hydrogen-bond acceptors (Lipinski definition) is 4. The van der Waals surface area contributed by atoms with E-state index in [1.165, 1.54) is 0 Å². The first kappa shape index (κ1) is 18.3. The Labute approximate surface area is 175 Å². The topological polar surface area (TPSA) is 55.2 Å². The third kappa shape index (κ3) is 4.11. The van der Waals surface area contributed by atoms with E-state index >= 15 is 0 Å². The van der Waals surface area contributed by atoms with Gasteiger partial charge in [-0.3, -0.25) is 0 Å². The SMILES string of the molecule is S=c1[nH]nc(-c2ccccc2Br)n1/N=C\c1cccc(Oc2ccccc2)c1. The quantitative estimate of drug-likeness (QED) is 0.297. The standard InChI is InChI=1S/C21H15BrN4OS/c22-19-12-5-4-11-18(19)20-24-25-21(28)26(20)23-14-15-7-6-10-17(13-15)27-16-8-2-1-3-9-16/h1-14H,(H,25,28)/b23-14-. The van der Waals surface area contributed by atoms with Crippen molar-refractivity contribution in [3.63, 3.8) is 0 Å². The van der Waals surface area contributed by atoms with Crippen LogP contribution >= 0.6 is 28.1 Å². The van der Waals surface area contributed by atoms with Crippen LogP contribution in [0, 0.1) is 4.77 Å². The molecule has 4 rings (SSSR count). The van der Waals surface area contributed by atoms with Crippen molar-refractivity contribution in [3.8, 4) is 22.9 Å². The van der Waals surface area contributed by atoms with Crippen molar-refractivity contribution in [2.75, 3.05) is 0 Å². The number of ether oxygens (including phenoxy) is 1. The monoisotopic (exact) mass is 450 g/mol. The van der Waals surface area contributed by atoms with Crippen molar-refractivity contribution in [2.24, 2.45) is 5.10 Å². The highest BCUT2D eigenvalue weighted by molar-refractivity contribution is 9.10. The maximum atomic E-state index is 5.87. The molecule has 0 fully saturated rings. The van der Waals surface area contributed by atoms with E-state index in [9.17, 15) is 0 Å². The zero-order chi connectivity index (χ0) is 19.3. The Morgan fingerprint density at radius 2 is 1.71 bits per heavy atom. The van der Waals surface area contributed by atoms with E-state index in [0.717, 1.165) is 27.1 Å². The van der Waals surface area contributed by atoms with Gasteiger partial charge in [0.2, 0.25) is 4.77 Å². The van der Waals surface area contributed by atoms with Gasteiger partial charge >= 0.3 is 0 Å². The summed E-state index contributed by atoms with van der Waals surface area (Å²) in [5.74, 6) is 2.15. The molecule has 1 N–H and O–H groups in total. The molecule has 3 aromatic carbocycles. The molecular weight excluding hydrogens is 436 g/mol. The van der Waals surface area contributed by atoms with Crippen LogP contribution in [-0.2, 0) is 0 Å². The molecular formula is C21H15BrN4OS. The van der Waals surface area contributed by atoms with Crippen molar-refractivity contribution in [1.82, 2.24) is 14.9 Å². The van der Waals surface area contributed by atoms with Crippen LogP contribution in [0.15, 0.2) is 88.4 Å². The molecule has 0 aliphatic heterocycles. The molecule has 1 aromatic heterocycles. The second-order valence-electron chi connectivity index (χ2n) is 5.88. The third-order valence-electron chi connectivity index (χ3n) is 3.92. The smallest absolute Gasteiger partial charge is 0.216 e. The molecule has 0 amide bonds. The molecule has 4 aromatic rings. The highest BCUT2D eigenvalue weighted by Gasteiger charge is 2.10. The van der Waals surface area contributed by atoms with Crippen LogP contribution in [0.25, 0.3) is 11.4 Å². The Balaban J connectivity index is 1.62. The Morgan fingerprint density at radius 3 is 2.54 bits per heavy atom. The minimum atomic E-state index is 0.415. The predicted octanol–water partition coefficient (Wildman–Crippen LogP) is 6.04. The number of halogens is 1. The highest BCUT2D eigenvalue weighted by Crippen LogP contribution is 2.26. The maximum Gasteiger partial charge on any atom is 0.216 e. The fourth-order valence-electron chi connectivity index (χ4n) is 2.62. The lowest BCUT2D eigenvalue weighted by molar-refractivity contribution is 0.482. The number of rotatable bonds is 5. The van der Waals surface area contributed by atoms with Gasteiger partial charge in [0, 0.05) is 10.0 Å². The zero-order valence-electron chi connectivity index (χ0n) is 14.6. The molecule has 5 nitrogen and oxygen atoms in total. The van der Waals surface area contributed by atoms with Crippen LogP contribution in [0.3, 0.4) is 0 Å². The van der Waals surface area contributed by atoms with Gasteiger partial charge in [-0.05, 0) is 54.2 Å². The normalized spacial score (nSPS) is 11.0. The molecule has 0 radical (unpaired) electrons. The molecule has 0 spiro atoms. The van der Waals surface area contributed by atoms with Crippen molar-refractivity contribution < 1.29 is 4.74 Å². The first-order valence-corrected chi connectivity index (χ1v) is 9.70. The second kappa shape index (κ2) is 8.33. The van der Waals surface area contributed by atoms with Crippen molar-refractivity contribution in [1.29, 1.82) is 0 Å². The molecule has 0 unspecified atom stereocenters. The van der Waals surface area contributed by atoms with E-state index in [0.29, 0.717) is 10.6 Å². The van der Waals surface area contributed by atoms with Gasteiger partial charge in [-0.15, -0.1) is 0 Å². The van der Waals surface area contributed by atoms with Crippen LogP contribution in [-0.4, -0.2) is 21.1 Å². The van der Waals surface area contributed by atoms with Crippen molar-refractivity contribution in [3.05, 3.63) is 93.7 Å². The fraction of sp³-hybridized carbons (Fsp3) is 0. The van der Waals surface area contributed by atoms with E-state index < -0.39 is 0 Å². The average Bonchev–Trinajstić information content (AvgIpc) is 3.08. The van der Waals surface area contributed by atoms with Crippen LogP contribution in [0.5, 0.6) is 11.5 Å². The summed E-state index contributed by atoms with van der Waals surface area (Å²) in [5, 5.41) is 11.6. The molecule has 0 aliphatic carbocycles. The van der Waals surface area contributed by atoms with E-state index in [2.05, 4.69) is 31.2 Å². The van der Waals surface area contributed by atoms with Gasteiger partial charge in [0.1, 0.15) is 11.5 Å². The first-order valence-electron chi connectivity index (χ1n) is 8.50. The molecule has 0 atom stereocenters. The zero-order valence-corrected chi connectivity index (χ0v) is 17.0. The van der Waals surface area contributed by atoms with Crippen molar-refractivity contribution >= 4 is 34.4 Å². The van der Waals surface area contributed by atoms with Crippen LogP contribution < -0.4 is 4.74 Å². The largest absolute Gasteiger partial charge is 0.457 e. The van der Waals surface area contributed by atoms with Gasteiger partial charge in [-0.25, -0.2) is 5.10 Å². The predicted molar refractivity (Wildman–Crippen MR) is 116 cm³/mol. The van der Waals surface area contributed by atoms with E-state index in [1.807, 2.05) is 78.9 Å². The van der Waals surface area contributed by atoms with E-state index in [1.54, 1.807) is 10.9 Å². The first-order chi connectivity index (χ1) is 13.7. The van der Waals surface area contributed by atoms with E-state index in [4.69, 9.17) is 17.0 Å². The number of benzene rings is 3. The lowest BCUT2D eigenvalue weighted by Gasteiger charge is -2.06. The summed E-state index contributed by atoms with van der Waals surface area (Å²) in [4.78, 5) is 0. The fourth-order valence-corrected chi connectivity index (χ4v) is 3.26. The number of H-pyrrole nitrogens is 1. The van der Waals surface area contributed by atoms with Crippen molar-refractivity contribution in [2.45, 2.75) is 0 Å². The summed E-state index contributed by atoms with van der Waals surface area (Å²) in [5.41, 5.74) is 1.78. The number of aromatic nitrogens is 3. The number of hydrogen-bond donors (Lipinski definition) is 1. The molecule has 0 bridgehead atoms. The lowest BCUT2D eigenvalue weighted by atomic mass is 10.2. The molecule has 0 saturated carbocycles. The average molecular weight is 451 g/mol. The summed E-state index contributed by atoms with van der Waals surface area (Å²) >= 11 is 8.88. The number of nitrogens with one attached hydrogen (secondary N) is 1. The summed E-state index contributed by atoms with van der Waals surface area (Å²) in [6.45, 7) is 0. The van der Waals surface area contributed by atoms with Gasteiger partial charge in [-0.1, -0.05) is 58.4 Å². The summed E-state index contributed by atoms with van der Waals surface area (Å²) in [6.07, 6.45) is 1.73. The van der Waals surface area contributed by atoms with Crippen LogP contribution in [0.1, 0.15) is 5.56 Å². The van der Waals surface area contributed by atoms with Gasteiger partial charge in [0.05, 0.1) is 6.21 Å². The van der Waals surface area contributed by atoms with Crippen LogP contribution in [0.2, 0.25) is 0 Å². The summed E-state index contributed by atoms with van der Waals surface area (Å²) < 4.78 is 8.80. The summed E-state index contributed by atoms with van der Waals surface area (Å²) in [7, 11) is 0. The maximum absolute atomic E-state index is 5.87. The second-order valence-corrected chi connectivity index (χ2v) is 7.12. The molecule has 1 heterocycles. The third-order valence-corrected chi connectivity index (χ3v) is 4.88. The Bertz CT molecular complexity index is 1180. The minimum absolute atomic E-state index is 0.415. The number of aromatic amines is 1. The number of nitrogens with zero attached hydrogens (tertiary/aromatic N) is 3. The molecule has 28 heavy (non-hydrogen) atoms. The number of para-hydroxylation sites is 1. The Kier molecular flexibility index (Phi) is 5.45. The Morgan fingerprint density at radius 1 is 0.964 bits per heavy atom. The van der Waals surface area contributed by atoms with Crippen LogP contribution in [0.4, 0.5) is 0 Å². The lowest BCUT2D eigenvalue weighted by Crippen LogP contribution is -1.96. The van der Waals surface area contributed by atoms with Gasteiger partial charge < -0.3 is 4.74 Å². The minimum Gasteiger partial charge on any atom is -0.457 e. The van der Waals surface area contributed by atoms with Gasteiger partial charge in [0.15, 0.2) is 5.82 Å². The molecule has 7 heteroatoms.